The van der Waals surface area contributed by atoms with Gasteiger partial charge in [0.25, 0.3) is 11.6 Å². The first kappa shape index (κ1) is 25.5. The number of urea groups is 1. The number of rotatable bonds is 5. The van der Waals surface area contributed by atoms with E-state index < -0.39 is 34.2 Å². The molecule has 0 unspecified atom stereocenters. The highest BCUT2D eigenvalue weighted by molar-refractivity contribution is 6.30. The van der Waals surface area contributed by atoms with E-state index in [9.17, 15) is 24.5 Å². The number of nitrogens with zero attached hydrogens (tertiary/aromatic N) is 4. The van der Waals surface area contributed by atoms with E-state index in [2.05, 4.69) is 10.2 Å². The van der Waals surface area contributed by atoms with Crippen molar-refractivity contribution in [2.45, 2.75) is 19.0 Å². The van der Waals surface area contributed by atoms with Crippen LogP contribution in [0.2, 0.25) is 0 Å². The highest BCUT2D eigenvalue weighted by Crippen LogP contribution is 2.47. The lowest BCUT2D eigenvalue weighted by atomic mass is 9.67. The van der Waals surface area contributed by atoms with Crippen LogP contribution < -0.4 is 19.9 Å². The molecule has 0 bridgehead atoms. The SMILES string of the molecule is COc1ccc(N2C(=O)NC(=O)[C@@]3(Cc4cc([N+](=O)[O-])ccc4N4CCN(Cc5ccccc5)C[C@H]43)C2=O)cc1. The first-order valence-corrected chi connectivity index (χ1v) is 13.0. The lowest BCUT2D eigenvalue weighted by Crippen LogP contribution is -2.75. The van der Waals surface area contributed by atoms with Crippen LogP contribution in [-0.4, -0.2) is 60.5 Å². The second-order valence-corrected chi connectivity index (χ2v) is 10.2. The van der Waals surface area contributed by atoms with Gasteiger partial charge in [0.15, 0.2) is 5.41 Å². The summed E-state index contributed by atoms with van der Waals surface area (Å²) in [5.74, 6) is -0.797. The fourth-order valence-corrected chi connectivity index (χ4v) is 6.13. The maximum atomic E-state index is 14.5. The Kier molecular flexibility index (Phi) is 6.22. The number of nitro benzene ring substituents is 1. The Hall–Kier alpha value is -4.77. The molecule has 3 aliphatic heterocycles. The molecule has 3 aliphatic rings. The largest absolute Gasteiger partial charge is 0.497 e. The second-order valence-electron chi connectivity index (χ2n) is 10.2. The first-order chi connectivity index (χ1) is 19.3. The third-order valence-electron chi connectivity index (χ3n) is 8.08. The van der Waals surface area contributed by atoms with Gasteiger partial charge >= 0.3 is 6.03 Å². The number of hydrogen-bond donors (Lipinski definition) is 1. The molecule has 1 spiro atoms. The molecule has 2 atom stereocenters. The Morgan fingerprint density at radius 3 is 2.48 bits per heavy atom. The lowest BCUT2D eigenvalue weighted by Gasteiger charge is -2.55. The number of nitrogens with one attached hydrogen (secondary N) is 1. The Balaban J connectivity index is 1.45. The summed E-state index contributed by atoms with van der Waals surface area (Å²) in [6, 6.07) is 19.5. The molecule has 0 saturated carbocycles. The molecule has 40 heavy (non-hydrogen) atoms. The van der Waals surface area contributed by atoms with Crippen molar-refractivity contribution < 1.29 is 24.0 Å². The molecule has 11 heteroatoms. The van der Waals surface area contributed by atoms with Crippen molar-refractivity contribution in [2.24, 2.45) is 5.41 Å². The van der Waals surface area contributed by atoms with E-state index in [0.717, 1.165) is 16.2 Å². The minimum Gasteiger partial charge on any atom is -0.497 e. The number of carbonyl (C=O) groups excluding carboxylic acids is 3. The van der Waals surface area contributed by atoms with Crippen LogP contribution in [-0.2, 0) is 22.6 Å². The minimum atomic E-state index is -1.69. The topological polar surface area (TPSA) is 125 Å². The van der Waals surface area contributed by atoms with Crippen LogP contribution in [0.3, 0.4) is 0 Å². The maximum absolute atomic E-state index is 14.5. The average Bonchev–Trinajstić information content (AvgIpc) is 2.96. The summed E-state index contributed by atoms with van der Waals surface area (Å²) in [6.45, 7) is 2.18. The van der Waals surface area contributed by atoms with Crippen LogP contribution in [0.25, 0.3) is 0 Å². The molecule has 3 aromatic carbocycles. The number of non-ortho nitro benzene ring substituents is 1. The summed E-state index contributed by atoms with van der Waals surface area (Å²) in [7, 11) is 1.51. The van der Waals surface area contributed by atoms with E-state index in [1.54, 1.807) is 30.3 Å². The second kappa shape index (κ2) is 9.76. The Labute approximate surface area is 230 Å². The smallest absolute Gasteiger partial charge is 0.335 e. The van der Waals surface area contributed by atoms with Crippen molar-refractivity contribution in [3.05, 3.63) is 94.0 Å². The number of piperazine rings is 1. The van der Waals surface area contributed by atoms with Gasteiger partial charge in [0.2, 0.25) is 5.91 Å². The van der Waals surface area contributed by atoms with Crippen molar-refractivity contribution in [1.82, 2.24) is 10.2 Å². The number of anilines is 2. The van der Waals surface area contributed by atoms with Crippen molar-refractivity contribution in [2.75, 3.05) is 36.5 Å². The van der Waals surface area contributed by atoms with Gasteiger partial charge in [-0.25, -0.2) is 9.69 Å². The van der Waals surface area contributed by atoms with Gasteiger partial charge in [-0.05, 0) is 41.5 Å². The normalized spacial score (nSPS) is 22.5. The van der Waals surface area contributed by atoms with Crippen LogP contribution in [0, 0.1) is 15.5 Å². The van der Waals surface area contributed by atoms with Crippen molar-refractivity contribution in [3.8, 4) is 5.75 Å². The monoisotopic (exact) mass is 541 g/mol. The van der Waals surface area contributed by atoms with Gasteiger partial charge in [-0.1, -0.05) is 30.3 Å². The maximum Gasteiger partial charge on any atom is 0.335 e. The third-order valence-corrected chi connectivity index (χ3v) is 8.08. The third kappa shape index (κ3) is 4.06. The highest BCUT2D eigenvalue weighted by Gasteiger charge is 2.63. The number of ether oxygens (including phenoxy) is 1. The van der Waals surface area contributed by atoms with E-state index in [1.165, 1.54) is 19.2 Å². The highest BCUT2D eigenvalue weighted by atomic mass is 16.6. The van der Waals surface area contributed by atoms with Gasteiger partial charge in [0.1, 0.15) is 5.75 Å². The summed E-state index contributed by atoms with van der Waals surface area (Å²) in [5.41, 5.74) is 0.867. The molecular weight excluding hydrogens is 514 g/mol. The summed E-state index contributed by atoms with van der Waals surface area (Å²) in [4.78, 5) is 57.7. The molecular formula is C29H27N5O6. The van der Waals surface area contributed by atoms with Crippen LogP contribution in [0.4, 0.5) is 21.9 Å². The molecule has 0 radical (unpaired) electrons. The van der Waals surface area contributed by atoms with Gasteiger partial charge in [0.05, 0.1) is 23.8 Å². The average molecular weight is 542 g/mol. The molecule has 3 heterocycles. The first-order valence-electron chi connectivity index (χ1n) is 13.0. The lowest BCUT2D eigenvalue weighted by molar-refractivity contribution is -0.384. The summed E-state index contributed by atoms with van der Waals surface area (Å²) in [5, 5.41) is 14.0. The van der Waals surface area contributed by atoms with Crippen LogP contribution >= 0.6 is 0 Å². The van der Waals surface area contributed by atoms with Crippen molar-refractivity contribution in [1.29, 1.82) is 0 Å². The van der Waals surface area contributed by atoms with E-state index in [0.29, 0.717) is 43.2 Å². The quantitative estimate of drug-likeness (QED) is 0.297. The molecule has 0 aliphatic carbocycles. The Morgan fingerprint density at radius 1 is 1.02 bits per heavy atom. The molecule has 11 nitrogen and oxygen atoms in total. The number of amides is 4. The number of barbiturate groups is 1. The summed E-state index contributed by atoms with van der Waals surface area (Å²) < 4.78 is 5.21. The minimum absolute atomic E-state index is 0.0744. The van der Waals surface area contributed by atoms with Gasteiger partial charge in [-0.3, -0.25) is 29.9 Å². The van der Waals surface area contributed by atoms with E-state index in [1.807, 2.05) is 35.2 Å². The Morgan fingerprint density at radius 2 is 1.77 bits per heavy atom. The fraction of sp³-hybridized carbons (Fsp3) is 0.276. The molecule has 4 amide bonds. The van der Waals surface area contributed by atoms with E-state index in [4.69, 9.17) is 4.74 Å². The molecule has 3 aromatic rings. The zero-order chi connectivity index (χ0) is 28.0. The van der Waals surface area contributed by atoms with Gasteiger partial charge in [-0.2, -0.15) is 0 Å². The van der Waals surface area contributed by atoms with Crippen LogP contribution in [0.1, 0.15) is 11.1 Å². The zero-order valence-electron chi connectivity index (χ0n) is 21.8. The number of hydrogen-bond acceptors (Lipinski definition) is 8. The van der Waals surface area contributed by atoms with Crippen molar-refractivity contribution in [3.63, 3.8) is 0 Å². The van der Waals surface area contributed by atoms with Gasteiger partial charge < -0.3 is 9.64 Å². The molecule has 6 rings (SSSR count). The molecule has 2 saturated heterocycles. The van der Waals surface area contributed by atoms with Crippen LogP contribution in [0.15, 0.2) is 72.8 Å². The fourth-order valence-electron chi connectivity index (χ4n) is 6.13. The predicted octanol–water partition coefficient (Wildman–Crippen LogP) is 3.12. The summed E-state index contributed by atoms with van der Waals surface area (Å²) >= 11 is 0. The number of fused-ring (bicyclic) bond motifs is 4. The zero-order valence-corrected chi connectivity index (χ0v) is 21.8. The van der Waals surface area contributed by atoms with Crippen molar-refractivity contribution >= 4 is 34.9 Å². The Bertz CT molecular complexity index is 1510. The van der Waals surface area contributed by atoms with Gasteiger partial charge in [-0.15, -0.1) is 0 Å². The number of imide groups is 2. The molecule has 0 aromatic heterocycles. The van der Waals surface area contributed by atoms with E-state index in [-0.39, 0.29) is 12.1 Å². The number of carbonyl (C=O) groups is 3. The summed E-state index contributed by atoms with van der Waals surface area (Å²) in [6.07, 6.45) is -0.0744. The predicted molar refractivity (Wildman–Crippen MR) is 146 cm³/mol. The molecule has 2 fully saturated rings. The van der Waals surface area contributed by atoms with Crippen LogP contribution in [0.5, 0.6) is 5.75 Å². The standard InChI is InChI=1S/C29H27N5O6/c1-40-23-10-7-21(8-11-23)33-27(36)29(26(35)30-28(33)37)16-20-15-22(34(38)39)9-12-24(20)32-14-13-31(18-25(29)32)17-19-5-3-2-4-6-19/h2-12,15,25H,13-14,16-18H2,1H3,(H,30,35,37)/t25-,29-/m0/s1. The number of nitro groups is 1. The number of methoxy groups -OCH3 is 1. The molecule has 1 N–H and O–H groups in total. The van der Waals surface area contributed by atoms with Gasteiger partial charge in [0, 0.05) is 50.4 Å². The van der Waals surface area contributed by atoms with E-state index >= 15 is 0 Å². The number of benzene rings is 3. The molecule has 204 valence electrons.